The van der Waals surface area contributed by atoms with Gasteiger partial charge in [-0.05, 0) is 24.6 Å². The van der Waals surface area contributed by atoms with Crippen molar-refractivity contribution >= 4 is 44.8 Å². The predicted molar refractivity (Wildman–Crippen MR) is 81.8 cm³/mol. The lowest BCUT2D eigenvalue weighted by atomic mass is 10.3. The molecule has 0 spiro atoms. The maximum absolute atomic E-state index is 11.6. The zero-order valence-electron chi connectivity index (χ0n) is 10.9. The van der Waals surface area contributed by atoms with Gasteiger partial charge in [-0.25, -0.2) is 13.1 Å². The molecule has 2 N–H and O–H groups in total. The Labute approximate surface area is 128 Å². The molecule has 0 atom stereocenters. The van der Waals surface area contributed by atoms with Crippen molar-refractivity contribution in [2.75, 3.05) is 17.6 Å². The molecule has 0 unspecified atom stereocenters. The van der Waals surface area contributed by atoms with E-state index in [1.807, 2.05) is 6.92 Å². The molecule has 0 bridgehead atoms. The van der Waals surface area contributed by atoms with Crippen LogP contribution in [-0.2, 0) is 14.8 Å². The molecule has 8 heteroatoms. The van der Waals surface area contributed by atoms with E-state index in [2.05, 4.69) is 10.0 Å². The number of sulfonamides is 1. The fourth-order valence-electron chi connectivity index (χ4n) is 1.36. The zero-order valence-corrected chi connectivity index (χ0v) is 13.3. The van der Waals surface area contributed by atoms with Crippen LogP contribution in [0.3, 0.4) is 0 Å². The van der Waals surface area contributed by atoms with Crippen molar-refractivity contribution in [1.29, 1.82) is 0 Å². The second-order valence-electron chi connectivity index (χ2n) is 4.17. The quantitative estimate of drug-likeness (QED) is 0.802. The summed E-state index contributed by atoms with van der Waals surface area (Å²) in [7, 11) is -3.40. The summed E-state index contributed by atoms with van der Waals surface area (Å²) >= 11 is 11.6. The average molecular weight is 339 g/mol. The van der Waals surface area contributed by atoms with Crippen molar-refractivity contribution in [1.82, 2.24) is 4.72 Å². The predicted octanol–water partition coefficient (Wildman–Crippen LogP) is 2.65. The van der Waals surface area contributed by atoms with Crippen molar-refractivity contribution in [2.24, 2.45) is 0 Å². The van der Waals surface area contributed by atoms with Crippen LogP contribution in [0.4, 0.5) is 5.69 Å². The highest BCUT2D eigenvalue weighted by Crippen LogP contribution is 2.24. The van der Waals surface area contributed by atoms with Gasteiger partial charge in [0, 0.05) is 5.69 Å². The van der Waals surface area contributed by atoms with Gasteiger partial charge in [0.1, 0.15) is 0 Å². The van der Waals surface area contributed by atoms with Crippen LogP contribution in [0.25, 0.3) is 0 Å². The summed E-state index contributed by atoms with van der Waals surface area (Å²) in [5.74, 6) is -0.452. The summed E-state index contributed by atoms with van der Waals surface area (Å²) in [6.45, 7) is 1.58. The van der Waals surface area contributed by atoms with Gasteiger partial charge in [0.05, 0.1) is 22.3 Å². The van der Waals surface area contributed by atoms with Gasteiger partial charge in [-0.1, -0.05) is 36.5 Å². The Morgan fingerprint density at radius 1 is 1.25 bits per heavy atom. The number of carbonyl (C=O) groups is 1. The van der Waals surface area contributed by atoms with Crippen LogP contribution in [0.15, 0.2) is 18.2 Å². The average Bonchev–Trinajstić information content (AvgIpc) is 2.39. The van der Waals surface area contributed by atoms with Crippen LogP contribution < -0.4 is 10.0 Å². The van der Waals surface area contributed by atoms with E-state index in [1.165, 1.54) is 6.07 Å². The Morgan fingerprint density at radius 3 is 2.55 bits per heavy atom. The number of amides is 1. The lowest BCUT2D eigenvalue weighted by molar-refractivity contribution is -0.115. The molecule has 112 valence electrons. The molecular formula is C12H16Cl2N2O3S. The Morgan fingerprint density at radius 2 is 1.95 bits per heavy atom. The summed E-state index contributed by atoms with van der Waals surface area (Å²) in [4.78, 5) is 11.6. The first-order valence-electron chi connectivity index (χ1n) is 6.06. The molecule has 1 aromatic carbocycles. The summed E-state index contributed by atoms with van der Waals surface area (Å²) in [6, 6.07) is 4.62. The molecular weight excluding hydrogens is 323 g/mol. The minimum Gasteiger partial charge on any atom is -0.325 e. The molecule has 0 aromatic heterocycles. The summed E-state index contributed by atoms with van der Waals surface area (Å²) in [5.41, 5.74) is 0.456. The zero-order chi connectivity index (χ0) is 15.2. The maximum Gasteiger partial charge on any atom is 0.239 e. The second kappa shape index (κ2) is 7.83. The van der Waals surface area contributed by atoms with E-state index in [4.69, 9.17) is 23.2 Å². The lowest BCUT2D eigenvalue weighted by Gasteiger charge is -2.08. The minimum atomic E-state index is -3.40. The third-order valence-corrected chi connectivity index (χ3v) is 4.57. The van der Waals surface area contributed by atoms with E-state index in [1.54, 1.807) is 12.1 Å². The van der Waals surface area contributed by atoms with Crippen LogP contribution in [0.5, 0.6) is 0 Å². The molecule has 0 aliphatic carbocycles. The number of hydrogen-bond donors (Lipinski definition) is 2. The first-order valence-corrected chi connectivity index (χ1v) is 8.47. The van der Waals surface area contributed by atoms with Gasteiger partial charge in [0.25, 0.3) is 0 Å². The van der Waals surface area contributed by atoms with Crippen molar-refractivity contribution in [3.05, 3.63) is 28.2 Å². The Bertz CT molecular complexity index is 576. The molecule has 0 saturated heterocycles. The van der Waals surface area contributed by atoms with Crippen LogP contribution in [0.2, 0.25) is 10.0 Å². The van der Waals surface area contributed by atoms with Gasteiger partial charge in [-0.3, -0.25) is 4.79 Å². The highest BCUT2D eigenvalue weighted by Gasteiger charge is 2.12. The fraction of sp³-hybridized carbons (Fsp3) is 0.417. The van der Waals surface area contributed by atoms with E-state index in [9.17, 15) is 13.2 Å². The van der Waals surface area contributed by atoms with Crippen molar-refractivity contribution in [2.45, 2.75) is 19.8 Å². The normalized spacial score (nSPS) is 11.3. The molecule has 1 aromatic rings. The van der Waals surface area contributed by atoms with Crippen molar-refractivity contribution in [3.8, 4) is 0 Å². The van der Waals surface area contributed by atoms with Gasteiger partial charge in [-0.2, -0.15) is 0 Å². The first-order chi connectivity index (χ1) is 9.34. The molecule has 0 aliphatic heterocycles. The summed E-state index contributed by atoms with van der Waals surface area (Å²) in [6.07, 6.45) is 1.33. The SMILES string of the molecule is CCCCS(=O)(=O)NCC(=O)Nc1ccc(Cl)c(Cl)c1. The van der Waals surface area contributed by atoms with E-state index >= 15 is 0 Å². The lowest BCUT2D eigenvalue weighted by Crippen LogP contribution is -2.34. The molecule has 20 heavy (non-hydrogen) atoms. The maximum atomic E-state index is 11.6. The molecule has 5 nitrogen and oxygen atoms in total. The number of anilines is 1. The van der Waals surface area contributed by atoms with Crippen LogP contribution in [-0.4, -0.2) is 26.6 Å². The third-order valence-electron chi connectivity index (χ3n) is 2.42. The van der Waals surface area contributed by atoms with Gasteiger partial charge < -0.3 is 5.32 Å². The number of unbranched alkanes of at least 4 members (excludes halogenated alkanes) is 1. The molecule has 1 rings (SSSR count). The second-order valence-corrected chi connectivity index (χ2v) is 6.91. The van der Waals surface area contributed by atoms with Gasteiger partial charge >= 0.3 is 0 Å². The van der Waals surface area contributed by atoms with E-state index in [0.717, 1.165) is 6.42 Å². The third kappa shape index (κ3) is 6.09. The summed E-state index contributed by atoms with van der Waals surface area (Å²) in [5, 5.41) is 3.22. The Hall–Kier alpha value is -0.820. The minimum absolute atomic E-state index is 0.0174. The number of halogens is 2. The van der Waals surface area contributed by atoms with E-state index in [-0.39, 0.29) is 12.3 Å². The smallest absolute Gasteiger partial charge is 0.239 e. The topological polar surface area (TPSA) is 75.3 Å². The standard InChI is InChI=1S/C12H16Cl2N2O3S/c1-2-3-6-20(18,19)15-8-12(17)16-9-4-5-10(13)11(14)7-9/h4-5,7,15H,2-3,6,8H2,1H3,(H,16,17). The Kier molecular flexibility index (Phi) is 6.75. The van der Waals surface area contributed by atoms with Crippen LogP contribution in [0.1, 0.15) is 19.8 Å². The molecule has 1 amide bonds. The van der Waals surface area contributed by atoms with Crippen LogP contribution >= 0.6 is 23.2 Å². The fourth-order valence-corrected chi connectivity index (χ4v) is 2.82. The molecule has 0 heterocycles. The monoisotopic (exact) mass is 338 g/mol. The number of rotatable bonds is 7. The number of benzene rings is 1. The largest absolute Gasteiger partial charge is 0.325 e. The molecule has 0 radical (unpaired) electrons. The van der Waals surface area contributed by atoms with E-state index in [0.29, 0.717) is 22.2 Å². The van der Waals surface area contributed by atoms with Gasteiger partial charge in [0.15, 0.2) is 0 Å². The van der Waals surface area contributed by atoms with Crippen LogP contribution in [0, 0.1) is 0 Å². The van der Waals surface area contributed by atoms with E-state index < -0.39 is 15.9 Å². The molecule has 0 saturated carbocycles. The number of hydrogen-bond acceptors (Lipinski definition) is 3. The molecule has 0 fully saturated rings. The van der Waals surface area contributed by atoms with Gasteiger partial charge in [-0.15, -0.1) is 0 Å². The van der Waals surface area contributed by atoms with Gasteiger partial charge in [0.2, 0.25) is 15.9 Å². The highest BCUT2D eigenvalue weighted by molar-refractivity contribution is 7.89. The number of carbonyl (C=O) groups excluding carboxylic acids is 1. The first kappa shape index (κ1) is 17.2. The van der Waals surface area contributed by atoms with Crippen molar-refractivity contribution < 1.29 is 13.2 Å². The highest BCUT2D eigenvalue weighted by atomic mass is 35.5. The molecule has 0 aliphatic rings. The Balaban J connectivity index is 2.49. The van der Waals surface area contributed by atoms with Crippen molar-refractivity contribution in [3.63, 3.8) is 0 Å². The summed E-state index contributed by atoms with van der Waals surface area (Å²) < 4.78 is 25.3. The number of nitrogens with one attached hydrogen (secondary N) is 2.